The Morgan fingerprint density at radius 2 is 1.00 bits per heavy atom. The monoisotopic (exact) mass is 302 g/mol. The molecule has 0 N–H and O–H groups in total. The highest BCUT2D eigenvalue weighted by molar-refractivity contribution is 5.75. The van der Waals surface area contributed by atoms with Gasteiger partial charge in [0.05, 0.1) is 19.6 Å². The number of ether oxygens (including phenoxy) is 2. The molecule has 2 aromatic carbocycles. The van der Waals surface area contributed by atoms with Crippen LogP contribution in [0.2, 0.25) is 0 Å². The van der Waals surface area contributed by atoms with E-state index in [9.17, 15) is 0 Å². The van der Waals surface area contributed by atoms with Crippen molar-refractivity contribution in [3.63, 3.8) is 0 Å². The van der Waals surface area contributed by atoms with E-state index in [1.54, 1.807) is 14.2 Å². The van der Waals surface area contributed by atoms with E-state index >= 15 is 0 Å². The number of hydrogen-bond donors (Lipinski definition) is 0. The Morgan fingerprint density at radius 1 is 0.609 bits per heavy atom. The first-order valence-electron chi connectivity index (χ1n) is 7.71. The summed E-state index contributed by atoms with van der Waals surface area (Å²) in [6.45, 7) is 0. The molecule has 23 heavy (non-hydrogen) atoms. The molecular weight excluding hydrogens is 284 g/mol. The number of rotatable bonds is 4. The lowest BCUT2D eigenvalue weighted by Crippen LogP contribution is -2.27. The molecule has 2 heteroatoms. The molecule has 0 aliphatic heterocycles. The molecule has 0 spiro atoms. The second-order valence-electron chi connectivity index (χ2n) is 5.71. The minimum Gasteiger partial charge on any atom is -0.493 e. The largest absolute Gasteiger partial charge is 0.493 e. The highest BCUT2D eigenvalue weighted by Crippen LogP contribution is 2.57. The molecule has 0 atom stereocenters. The maximum atomic E-state index is 5.69. The molecule has 0 saturated heterocycles. The average Bonchev–Trinajstić information content (AvgIpc) is 3.14. The van der Waals surface area contributed by atoms with Gasteiger partial charge in [0.2, 0.25) is 0 Å². The zero-order chi connectivity index (χ0) is 15.9. The smallest absolute Gasteiger partial charge is 0.165 e. The van der Waals surface area contributed by atoms with Crippen molar-refractivity contribution < 1.29 is 9.47 Å². The molecule has 0 radical (unpaired) electrons. The van der Waals surface area contributed by atoms with Crippen molar-refractivity contribution in [2.45, 2.75) is 5.41 Å². The molecule has 4 rings (SSSR count). The molecule has 0 saturated carbocycles. The molecule has 2 bridgehead atoms. The fourth-order valence-electron chi connectivity index (χ4n) is 3.87. The fourth-order valence-corrected chi connectivity index (χ4v) is 3.87. The molecule has 0 amide bonds. The van der Waals surface area contributed by atoms with Crippen molar-refractivity contribution in [3.05, 3.63) is 107 Å². The lowest BCUT2D eigenvalue weighted by Gasteiger charge is -2.31. The van der Waals surface area contributed by atoms with E-state index in [2.05, 4.69) is 60.7 Å². The van der Waals surface area contributed by atoms with E-state index in [0.717, 1.165) is 22.7 Å². The van der Waals surface area contributed by atoms with Crippen molar-refractivity contribution in [2.24, 2.45) is 0 Å². The lowest BCUT2D eigenvalue weighted by atomic mass is 9.69. The van der Waals surface area contributed by atoms with E-state index < -0.39 is 0 Å². The van der Waals surface area contributed by atoms with Gasteiger partial charge in [-0.1, -0.05) is 72.8 Å². The van der Waals surface area contributed by atoms with Gasteiger partial charge in [-0.2, -0.15) is 0 Å². The standard InChI is InChI=1S/C21H18O2/c1-22-19-17-13-14-18(20(19)23-2)21(17,15-9-5-3-6-10-15)16-11-7-4-8-12-16/h3-14H,1-2H3. The number of benzene rings is 2. The summed E-state index contributed by atoms with van der Waals surface area (Å²) < 4.78 is 11.4. The lowest BCUT2D eigenvalue weighted by molar-refractivity contribution is 0.220. The van der Waals surface area contributed by atoms with Gasteiger partial charge in [-0.15, -0.1) is 0 Å². The van der Waals surface area contributed by atoms with Crippen LogP contribution in [0.3, 0.4) is 0 Å². The fraction of sp³-hybridized carbons (Fsp3) is 0.143. The first-order valence-corrected chi connectivity index (χ1v) is 7.71. The van der Waals surface area contributed by atoms with Gasteiger partial charge < -0.3 is 9.47 Å². The van der Waals surface area contributed by atoms with Gasteiger partial charge in [0.25, 0.3) is 0 Å². The molecule has 0 fully saturated rings. The molecular formula is C21H18O2. The minimum atomic E-state index is -0.348. The van der Waals surface area contributed by atoms with Crippen LogP contribution >= 0.6 is 0 Å². The van der Waals surface area contributed by atoms with Crippen molar-refractivity contribution in [2.75, 3.05) is 14.2 Å². The Bertz CT molecular complexity index is 755. The summed E-state index contributed by atoms with van der Waals surface area (Å²) in [6, 6.07) is 21.1. The van der Waals surface area contributed by atoms with Crippen LogP contribution in [-0.2, 0) is 14.9 Å². The van der Waals surface area contributed by atoms with Crippen molar-refractivity contribution >= 4 is 0 Å². The van der Waals surface area contributed by atoms with Crippen molar-refractivity contribution in [3.8, 4) is 0 Å². The third-order valence-electron chi connectivity index (χ3n) is 4.74. The van der Waals surface area contributed by atoms with E-state index in [-0.39, 0.29) is 5.41 Å². The van der Waals surface area contributed by atoms with Crippen LogP contribution < -0.4 is 0 Å². The zero-order valence-electron chi connectivity index (χ0n) is 13.2. The Hall–Kier alpha value is -2.74. The maximum absolute atomic E-state index is 5.69. The highest BCUT2D eigenvalue weighted by Gasteiger charge is 2.52. The molecule has 2 aliphatic carbocycles. The summed E-state index contributed by atoms with van der Waals surface area (Å²) in [6.07, 6.45) is 4.30. The quantitative estimate of drug-likeness (QED) is 0.835. The van der Waals surface area contributed by atoms with E-state index in [4.69, 9.17) is 9.47 Å². The molecule has 2 aromatic rings. The van der Waals surface area contributed by atoms with E-state index in [0.29, 0.717) is 0 Å². The highest BCUT2D eigenvalue weighted by atomic mass is 16.5. The molecule has 0 aromatic heterocycles. The normalized spacial score (nSPS) is 17.8. The predicted octanol–water partition coefficient (Wildman–Crippen LogP) is 4.36. The van der Waals surface area contributed by atoms with Crippen LogP contribution in [-0.4, -0.2) is 14.2 Å². The summed E-state index contributed by atoms with van der Waals surface area (Å²) in [4.78, 5) is 0. The van der Waals surface area contributed by atoms with E-state index in [1.165, 1.54) is 11.1 Å². The molecule has 0 heterocycles. The Kier molecular flexibility index (Phi) is 3.12. The summed E-state index contributed by atoms with van der Waals surface area (Å²) in [5.41, 5.74) is 4.39. The van der Waals surface area contributed by atoms with Crippen LogP contribution in [0.4, 0.5) is 0 Å². The molecule has 114 valence electrons. The number of allylic oxidation sites excluding steroid dienone is 4. The second-order valence-corrected chi connectivity index (χ2v) is 5.71. The summed E-state index contributed by atoms with van der Waals surface area (Å²) in [5.74, 6) is 1.66. The van der Waals surface area contributed by atoms with Crippen molar-refractivity contribution in [1.29, 1.82) is 0 Å². The molecule has 2 nitrogen and oxygen atoms in total. The van der Waals surface area contributed by atoms with Gasteiger partial charge in [-0.05, 0) is 11.1 Å². The van der Waals surface area contributed by atoms with E-state index in [1.807, 2.05) is 12.1 Å². The van der Waals surface area contributed by atoms with Crippen LogP contribution in [0, 0.1) is 0 Å². The topological polar surface area (TPSA) is 18.5 Å². The molecule has 2 aliphatic rings. The van der Waals surface area contributed by atoms with Crippen LogP contribution in [0.15, 0.2) is 95.5 Å². The van der Waals surface area contributed by atoms with Gasteiger partial charge in [0, 0.05) is 11.1 Å². The third kappa shape index (κ3) is 1.69. The van der Waals surface area contributed by atoms with Crippen molar-refractivity contribution in [1.82, 2.24) is 0 Å². The predicted molar refractivity (Wildman–Crippen MR) is 90.9 cm³/mol. The number of methoxy groups -OCH3 is 2. The summed E-state index contributed by atoms with van der Waals surface area (Å²) in [5, 5.41) is 0. The maximum Gasteiger partial charge on any atom is 0.165 e. The van der Waals surface area contributed by atoms with Gasteiger partial charge in [-0.25, -0.2) is 0 Å². The van der Waals surface area contributed by atoms with Gasteiger partial charge in [-0.3, -0.25) is 0 Å². The third-order valence-corrected chi connectivity index (χ3v) is 4.74. The Balaban J connectivity index is 2.09. The Labute approximate surface area is 136 Å². The minimum absolute atomic E-state index is 0.348. The summed E-state index contributed by atoms with van der Waals surface area (Å²) in [7, 11) is 3.41. The molecule has 0 unspecified atom stereocenters. The van der Waals surface area contributed by atoms with Crippen LogP contribution in [0.5, 0.6) is 0 Å². The Morgan fingerprint density at radius 3 is 1.35 bits per heavy atom. The number of hydrogen-bond acceptors (Lipinski definition) is 2. The van der Waals surface area contributed by atoms with Gasteiger partial charge in [0.1, 0.15) is 0 Å². The van der Waals surface area contributed by atoms with Crippen LogP contribution in [0.1, 0.15) is 11.1 Å². The summed E-state index contributed by atoms with van der Waals surface area (Å²) >= 11 is 0. The number of fused-ring (bicyclic) bond motifs is 2. The first kappa shape index (κ1) is 13.9. The zero-order valence-corrected chi connectivity index (χ0v) is 13.2. The first-order chi connectivity index (χ1) is 11.3. The van der Waals surface area contributed by atoms with Gasteiger partial charge in [0.15, 0.2) is 11.5 Å². The second kappa shape index (κ2) is 5.17. The van der Waals surface area contributed by atoms with Crippen LogP contribution in [0.25, 0.3) is 0 Å². The average molecular weight is 302 g/mol. The SMILES string of the molecule is COC1=C2C=CC(=C1OC)C2(c1ccccc1)c1ccccc1. The van der Waals surface area contributed by atoms with Gasteiger partial charge >= 0.3 is 0 Å².